The predicted octanol–water partition coefficient (Wildman–Crippen LogP) is 3.20. The third kappa shape index (κ3) is 2.22. The van der Waals surface area contributed by atoms with Crippen LogP contribution in [0, 0.1) is 11.3 Å². The van der Waals surface area contributed by atoms with E-state index in [9.17, 15) is 13.5 Å². The van der Waals surface area contributed by atoms with Gasteiger partial charge in [0.15, 0.2) is 0 Å². The summed E-state index contributed by atoms with van der Waals surface area (Å²) in [6, 6.07) is 13.9. The van der Waals surface area contributed by atoms with Gasteiger partial charge >= 0.3 is 0 Å². The lowest BCUT2D eigenvalue weighted by Crippen LogP contribution is -2.56. The van der Waals surface area contributed by atoms with Crippen molar-refractivity contribution in [2.75, 3.05) is 0 Å². The van der Waals surface area contributed by atoms with Crippen LogP contribution in [0.5, 0.6) is 0 Å². The highest BCUT2D eigenvalue weighted by molar-refractivity contribution is 7.91. The molecule has 0 spiro atoms. The molecule has 2 fully saturated rings. The van der Waals surface area contributed by atoms with Gasteiger partial charge in [0.05, 0.1) is 6.10 Å². The van der Waals surface area contributed by atoms with Gasteiger partial charge in [0.2, 0.25) is 10.0 Å². The fourth-order valence-electron chi connectivity index (χ4n) is 5.29. The quantitative estimate of drug-likeness (QED) is 0.881. The summed E-state index contributed by atoms with van der Waals surface area (Å²) in [5.41, 5.74) is 0.551. The number of aliphatic hydroxyl groups excluding tert-OH is 1. The molecule has 25 heavy (non-hydrogen) atoms. The lowest BCUT2D eigenvalue weighted by molar-refractivity contribution is 0.110. The number of aliphatic hydroxyl groups is 1. The second kappa shape index (κ2) is 5.53. The lowest BCUT2D eigenvalue weighted by atomic mass is 9.81. The zero-order valence-corrected chi connectivity index (χ0v) is 15.5. The van der Waals surface area contributed by atoms with Crippen LogP contribution < -0.4 is 4.72 Å². The summed E-state index contributed by atoms with van der Waals surface area (Å²) in [7, 11) is -3.65. The Bertz CT molecular complexity index is 916. The Hall–Kier alpha value is -1.43. The Morgan fingerprint density at radius 2 is 1.88 bits per heavy atom. The van der Waals surface area contributed by atoms with Crippen LogP contribution in [0.2, 0.25) is 0 Å². The van der Waals surface area contributed by atoms with Gasteiger partial charge in [-0.15, -0.1) is 0 Å². The minimum Gasteiger partial charge on any atom is -0.391 e. The number of fused-ring (bicyclic) bond motifs is 3. The normalized spacial score (nSPS) is 30.8. The molecule has 0 radical (unpaired) electrons. The van der Waals surface area contributed by atoms with Gasteiger partial charge in [-0.1, -0.05) is 56.3 Å². The van der Waals surface area contributed by atoms with Crippen LogP contribution in [0.1, 0.15) is 38.7 Å². The minimum absolute atomic E-state index is 0.249. The summed E-state index contributed by atoms with van der Waals surface area (Å²) in [5.74, 6) is 0.275. The van der Waals surface area contributed by atoms with Crippen LogP contribution in [0.15, 0.2) is 42.5 Å². The van der Waals surface area contributed by atoms with Crippen molar-refractivity contribution in [2.45, 2.75) is 50.5 Å². The molecule has 4 nitrogen and oxygen atoms in total. The maximum Gasteiger partial charge on any atom is 0.220 e. The van der Waals surface area contributed by atoms with Crippen molar-refractivity contribution >= 4 is 20.8 Å². The van der Waals surface area contributed by atoms with E-state index in [0.29, 0.717) is 12.8 Å². The molecule has 2 aromatic rings. The smallest absolute Gasteiger partial charge is 0.220 e. The molecule has 2 saturated carbocycles. The third-order valence-electron chi connectivity index (χ3n) is 6.83. The molecule has 0 heterocycles. The molecule has 2 aromatic carbocycles. The third-order valence-corrected chi connectivity index (χ3v) is 9.32. The van der Waals surface area contributed by atoms with Crippen LogP contribution in [0.3, 0.4) is 0 Å². The van der Waals surface area contributed by atoms with Gasteiger partial charge in [-0.2, -0.15) is 0 Å². The first-order chi connectivity index (χ1) is 11.8. The first-order valence-corrected chi connectivity index (χ1v) is 10.4. The van der Waals surface area contributed by atoms with E-state index in [-0.39, 0.29) is 12.5 Å². The molecule has 2 N–H and O–H groups in total. The summed E-state index contributed by atoms with van der Waals surface area (Å²) < 4.78 is 28.3. The van der Waals surface area contributed by atoms with E-state index in [1.165, 1.54) is 0 Å². The van der Waals surface area contributed by atoms with E-state index in [0.717, 1.165) is 22.8 Å². The molecule has 0 aliphatic heterocycles. The average molecular weight is 359 g/mol. The topological polar surface area (TPSA) is 66.4 Å². The molecule has 0 amide bonds. The molecular weight excluding hydrogens is 334 g/mol. The summed E-state index contributed by atoms with van der Waals surface area (Å²) in [6.45, 7) is 4.25. The van der Waals surface area contributed by atoms with Crippen molar-refractivity contribution in [1.82, 2.24) is 4.72 Å². The number of benzene rings is 2. The van der Waals surface area contributed by atoms with E-state index in [2.05, 4.69) is 4.72 Å². The maximum atomic E-state index is 13.3. The number of nitrogens with one attached hydrogen (secondary N) is 1. The number of hydrogen-bond donors (Lipinski definition) is 2. The second-order valence-corrected chi connectivity index (χ2v) is 10.1. The molecule has 0 aromatic heterocycles. The zero-order chi connectivity index (χ0) is 17.9. The molecule has 5 heteroatoms. The fourth-order valence-corrected chi connectivity index (χ4v) is 7.60. The first kappa shape index (κ1) is 17.0. The molecule has 2 aliphatic rings. The highest BCUT2D eigenvalue weighted by Gasteiger charge is 2.70. The maximum absolute atomic E-state index is 13.3. The lowest BCUT2D eigenvalue weighted by Gasteiger charge is -2.39. The molecule has 3 atom stereocenters. The van der Waals surface area contributed by atoms with Crippen molar-refractivity contribution in [3.05, 3.63) is 48.0 Å². The second-order valence-electron chi connectivity index (χ2n) is 8.06. The SMILES string of the molecule is CC1(C)C2CCC1(S(=O)(=O)NCc1cccc3ccccc13)C(O)C2. The molecular formula is C20H25NO3S. The zero-order valence-electron chi connectivity index (χ0n) is 14.7. The largest absolute Gasteiger partial charge is 0.391 e. The minimum atomic E-state index is -3.65. The molecule has 2 bridgehead atoms. The van der Waals surface area contributed by atoms with Crippen LogP contribution in [-0.4, -0.2) is 24.4 Å². The highest BCUT2D eigenvalue weighted by Crippen LogP contribution is 2.63. The van der Waals surface area contributed by atoms with Gasteiger partial charge < -0.3 is 5.11 Å². The van der Waals surface area contributed by atoms with Crippen molar-refractivity contribution in [3.63, 3.8) is 0 Å². The van der Waals surface area contributed by atoms with Crippen LogP contribution in [0.25, 0.3) is 10.8 Å². The molecule has 4 rings (SSSR count). The highest BCUT2D eigenvalue weighted by atomic mass is 32.2. The van der Waals surface area contributed by atoms with Gasteiger partial charge in [-0.25, -0.2) is 13.1 Å². The van der Waals surface area contributed by atoms with E-state index in [1.54, 1.807) is 0 Å². The Kier molecular flexibility index (Phi) is 3.76. The van der Waals surface area contributed by atoms with E-state index >= 15 is 0 Å². The first-order valence-electron chi connectivity index (χ1n) is 8.93. The van der Waals surface area contributed by atoms with Crippen LogP contribution in [0.4, 0.5) is 0 Å². The van der Waals surface area contributed by atoms with Gasteiger partial charge in [-0.3, -0.25) is 0 Å². The number of rotatable bonds is 4. The van der Waals surface area contributed by atoms with Crippen molar-refractivity contribution in [2.24, 2.45) is 11.3 Å². The standard InChI is InChI=1S/C20H25NO3S/c1-19(2)16-10-11-20(19,18(22)12-16)25(23,24)21-13-15-8-5-7-14-6-3-4-9-17(14)15/h3-9,16,18,21-22H,10-13H2,1-2H3. The summed E-state index contributed by atoms with van der Waals surface area (Å²) in [6.07, 6.45) is 1.21. The number of hydrogen-bond acceptors (Lipinski definition) is 3. The molecule has 3 unspecified atom stereocenters. The fraction of sp³-hybridized carbons (Fsp3) is 0.500. The Morgan fingerprint density at radius 3 is 2.56 bits per heavy atom. The van der Waals surface area contributed by atoms with Gasteiger partial charge in [0.1, 0.15) is 4.75 Å². The van der Waals surface area contributed by atoms with E-state index in [4.69, 9.17) is 0 Å². The Morgan fingerprint density at radius 1 is 1.16 bits per heavy atom. The Balaban J connectivity index is 1.66. The summed E-state index contributed by atoms with van der Waals surface area (Å²) in [5, 5.41) is 12.7. The molecule has 0 saturated heterocycles. The predicted molar refractivity (Wildman–Crippen MR) is 99.6 cm³/mol. The van der Waals surface area contributed by atoms with E-state index in [1.807, 2.05) is 56.3 Å². The van der Waals surface area contributed by atoms with Crippen molar-refractivity contribution in [3.8, 4) is 0 Å². The van der Waals surface area contributed by atoms with Gasteiger partial charge in [0, 0.05) is 6.54 Å². The summed E-state index contributed by atoms with van der Waals surface area (Å²) >= 11 is 0. The van der Waals surface area contributed by atoms with Gasteiger partial charge in [-0.05, 0) is 46.9 Å². The van der Waals surface area contributed by atoms with Crippen LogP contribution in [-0.2, 0) is 16.6 Å². The van der Waals surface area contributed by atoms with Crippen LogP contribution >= 0.6 is 0 Å². The Labute approximate surface area is 149 Å². The monoisotopic (exact) mass is 359 g/mol. The van der Waals surface area contributed by atoms with E-state index < -0.39 is 26.3 Å². The average Bonchev–Trinajstić information content (AvgIpc) is 2.96. The summed E-state index contributed by atoms with van der Waals surface area (Å²) in [4.78, 5) is 0. The number of sulfonamides is 1. The van der Waals surface area contributed by atoms with Crippen molar-refractivity contribution < 1.29 is 13.5 Å². The molecule has 134 valence electrons. The van der Waals surface area contributed by atoms with Gasteiger partial charge in [0.25, 0.3) is 0 Å². The molecule has 2 aliphatic carbocycles. The van der Waals surface area contributed by atoms with Crippen molar-refractivity contribution in [1.29, 1.82) is 0 Å².